The van der Waals surface area contributed by atoms with E-state index in [1.54, 1.807) is 6.92 Å². The molecule has 2 N–H and O–H groups in total. The maximum Gasteiger partial charge on any atom is 0.311 e. The van der Waals surface area contributed by atoms with E-state index in [9.17, 15) is 14.7 Å². The molecule has 2 atom stereocenters. The smallest absolute Gasteiger partial charge is 0.311 e. The molecule has 1 aliphatic rings. The van der Waals surface area contributed by atoms with Crippen molar-refractivity contribution in [3.05, 3.63) is 34.9 Å². The second-order valence-corrected chi connectivity index (χ2v) is 6.26. The molecular formula is C17H23NO3. The van der Waals surface area contributed by atoms with E-state index in [1.807, 2.05) is 32.0 Å². The summed E-state index contributed by atoms with van der Waals surface area (Å²) in [4.78, 5) is 24.1. The number of amides is 1. The molecule has 0 heterocycles. The lowest BCUT2D eigenvalue weighted by atomic mass is 9.71. The number of carbonyl (C=O) groups excluding carboxylic acids is 1. The van der Waals surface area contributed by atoms with Gasteiger partial charge in [0, 0.05) is 11.6 Å². The third-order valence-electron chi connectivity index (χ3n) is 4.71. The highest BCUT2D eigenvalue weighted by atomic mass is 16.4. The Kier molecular flexibility index (Phi) is 4.35. The van der Waals surface area contributed by atoms with E-state index in [-0.39, 0.29) is 11.9 Å². The Morgan fingerprint density at radius 3 is 2.43 bits per heavy atom. The normalized spacial score (nSPS) is 25.4. The zero-order valence-corrected chi connectivity index (χ0v) is 12.9. The number of carbonyl (C=O) groups is 2. The standard InChI is InChI=1S/C17H23NO3/c1-11-7-6-8-12(2)14(11)15(19)18-13-9-4-5-10-17(13,3)16(20)21/h6-8,13H,4-5,9-10H2,1-3H3,(H,18,19)(H,20,21). The van der Waals surface area contributed by atoms with Crippen LogP contribution in [-0.2, 0) is 4.79 Å². The molecule has 2 unspecified atom stereocenters. The van der Waals surface area contributed by atoms with E-state index in [4.69, 9.17) is 0 Å². The van der Waals surface area contributed by atoms with Crippen molar-refractivity contribution in [2.75, 3.05) is 0 Å². The van der Waals surface area contributed by atoms with Gasteiger partial charge in [-0.05, 0) is 44.7 Å². The molecule has 1 amide bonds. The van der Waals surface area contributed by atoms with E-state index >= 15 is 0 Å². The van der Waals surface area contributed by atoms with Crippen LogP contribution in [0.15, 0.2) is 18.2 Å². The van der Waals surface area contributed by atoms with Gasteiger partial charge in [-0.3, -0.25) is 9.59 Å². The monoisotopic (exact) mass is 289 g/mol. The van der Waals surface area contributed by atoms with Gasteiger partial charge in [-0.25, -0.2) is 0 Å². The molecule has 4 heteroatoms. The largest absolute Gasteiger partial charge is 0.481 e. The molecular weight excluding hydrogens is 266 g/mol. The van der Waals surface area contributed by atoms with E-state index in [2.05, 4.69) is 5.32 Å². The van der Waals surface area contributed by atoms with Gasteiger partial charge < -0.3 is 10.4 Å². The number of aryl methyl sites for hydroxylation is 2. The van der Waals surface area contributed by atoms with Crippen molar-refractivity contribution in [1.82, 2.24) is 5.32 Å². The zero-order valence-electron chi connectivity index (χ0n) is 12.9. The molecule has 1 aromatic rings. The van der Waals surface area contributed by atoms with Crippen LogP contribution in [-0.4, -0.2) is 23.0 Å². The average Bonchev–Trinajstić information content (AvgIpc) is 2.41. The van der Waals surface area contributed by atoms with Crippen molar-refractivity contribution in [3.8, 4) is 0 Å². The van der Waals surface area contributed by atoms with E-state index in [0.29, 0.717) is 12.0 Å². The Hall–Kier alpha value is -1.84. The molecule has 1 saturated carbocycles. The first-order valence-corrected chi connectivity index (χ1v) is 7.47. The molecule has 1 aliphatic carbocycles. The highest BCUT2D eigenvalue weighted by Crippen LogP contribution is 2.36. The lowest BCUT2D eigenvalue weighted by Crippen LogP contribution is -2.52. The number of nitrogens with one attached hydrogen (secondary N) is 1. The van der Waals surface area contributed by atoms with Gasteiger partial charge in [0.25, 0.3) is 5.91 Å². The zero-order chi connectivity index (χ0) is 15.6. The molecule has 0 spiro atoms. The summed E-state index contributed by atoms with van der Waals surface area (Å²) in [5.74, 6) is -0.987. The third-order valence-corrected chi connectivity index (χ3v) is 4.71. The maximum absolute atomic E-state index is 12.6. The van der Waals surface area contributed by atoms with Crippen LogP contribution in [0.25, 0.3) is 0 Å². The molecule has 21 heavy (non-hydrogen) atoms. The van der Waals surface area contributed by atoms with Gasteiger partial charge in [-0.2, -0.15) is 0 Å². The molecule has 1 aromatic carbocycles. The SMILES string of the molecule is Cc1cccc(C)c1C(=O)NC1CCCCC1(C)C(=O)O. The Bertz CT molecular complexity index is 547. The molecule has 0 saturated heterocycles. The fourth-order valence-electron chi connectivity index (χ4n) is 3.22. The number of rotatable bonds is 3. The van der Waals surface area contributed by atoms with Crippen LogP contribution in [0.2, 0.25) is 0 Å². The first-order chi connectivity index (χ1) is 9.86. The molecule has 0 aromatic heterocycles. The number of hydrogen-bond acceptors (Lipinski definition) is 2. The van der Waals surface area contributed by atoms with Crippen LogP contribution in [0.5, 0.6) is 0 Å². The van der Waals surface area contributed by atoms with Crippen LogP contribution in [0.1, 0.15) is 54.1 Å². The van der Waals surface area contributed by atoms with Crippen LogP contribution in [0.4, 0.5) is 0 Å². The lowest BCUT2D eigenvalue weighted by molar-refractivity contribution is -0.151. The van der Waals surface area contributed by atoms with Crippen molar-refractivity contribution < 1.29 is 14.7 Å². The molecule has 0 radical (unpaired) electrons. The Morgan fingerprint density at radius 1 is 1.24 bits per heavy atom. The van der Waals surface area contributed by atoms with Crippen molar-refractivity contribution >= 4 is 11.9 Å². The Morgan fingerprint density at radius 2 is 1.86 bits per heavy atom. The molecule has 1 fully saturated rings. The van der Waals surface area contributed by atoms with Gasteiger partial charge in [0.05, 0.1) is 5.41 Å². The van der Waals surface area contributed by atoms with E-state index in [1.165, 1.54) is 0 Å². The molecule has 114 valence electrons. The summed E-state index contributed by atoms with van der Waals surface area (Å²) >= 11 is 0. The summed E-state index contributed by atoms with van der Waals surface area (Å²) in [5, 5.41) is 12.5. The topological polar surface area (TPSA) is 66.4 Å². The first kappa shape index (κ1) is 15.5. The fourth-order valence-corrected chi connectivity index (χ4v) is 3.22. The predicted octanol–water partition coefficient (Wildman–Crippen LogP) is 3.07. The molecule has 2 rings (SSSR count). The minimum Gasteiger partial charge on any atom is -0.481 e. The quantitative estimate of drug-likeness (QED) is 0.898. The lowest BCUT2D eigenvalue weighted by Gasteiger charge is -2.38. The second-order valence-electron chi connectivity index (χ2n) is 6.26. The van der Waals surface area contributed by atoms with Crippen LogP contribution in [0, 0.1) is 19.3 Å². The highest BCUT2D eigenvalue weighted by Gasteiger charge is 2.44. The minimum absolute atomic E-state index is 0.162. The Labute approximate surface area is 125 Å². The summed E-state index contributed by atoms with van der Waals surface area (Å²) in [6, 6.07) is 5.41. The van der Waals surface area contributed by atoms with Gasteiger partial charge in [0.1, 0.15) is 0 Å². The Balaban J connectivity index is 2.24. The third kappa shape index (κ3) is 2.94. The van der Waals surface area contributed by atoms with Crippen molar-refractivity contribution in [1.29, 1.82) is 0 Å². The van der Waals surface area contributed by atoms with Gasteiger partial charge >= 0.3 is 5.97 Å². The molecule has 0 bridgehead atoms. The summed E-state index contributed by atoms with van der Waals surface area (Å²) in [6.45, 7) is 5.54. The van der Waals surface area contributed by atoms with Gasteiger partial charge in [-0.1, -0.05) is 31.0 Å². The maximum atomic E-state index is 12.6. The number of aliphatic carboxylic acids is 1. The number of hydrogen-bond donors (Lipinski definition) is 2. The molecule has 0 aliphatic heterocycles. The van der Waals surface area contributed by atoms with Crippen molar-refractivity contribution in [3.63, 3.8) is 0 Å². The minimum atomic E-state index is -0.871. The van der Waals surface area contributed by atoms with E-state index < -0.39 is 11.4 Å². The van der Waals surface area contributed by atoms with Crippen LogP contribution >= 0.6 is 0 Å². The number of benzene rings is 1. The summed E-state index contributed by atoms with van der Waals surface area (Å²) < 4.78 is 0. The van der Waals surface area contributed by atoms with Gasteiger partial charge in [0.15, 0.2) is 0 Å². The highest BCUT2D eigenvalue weighted by molar-refractivity contribution is 5.97. The summed E-state index contributed by atoms with van der Waals surface area (Å²) in [7, 11) is 0. The first-order valence-electron chi connectivity index (χ1n) is 7.47. The van der Waals surface area contributed by atoms with Crippen molar-refractivity contribution in [2.24, 2.45) is 5.41 Å². The number of carboxylic acids is 1. The molecule has 4 nitrogen and oxygen atoms in total. The fraction of sp³-hybridized carbons (Fsp3) is 0.529. The summed E-state index contributed by atoms with van der Waals surface area (Å²) in [6.07, 6.45) is 3.19. The number of carboxylic acid groups (broad SMARTS) is 1. The average molecular weight is 289 g/mol. The van der Waals surface area contributed by atoms with Gasteiger partial charge in [-0.15, -0.1) is 0 Å². The van der Waals surface area contributed by atoms with E-state index in [0.717, 1.165) is 30.4 Å². The van der Waals surface area contributed by atoms with Gasteiger partial charge in [0.2, 0.25) is 0 Å². The van der Waals surface area contributed by atoms with Crippen LogP contribution < -0.4 is 5.32 Å². The predicted molar refractivity (Wildman–Crippen MR) is 81.4 cm³/mol. The second kappa shape index (κ2) is 5.88. The summed E-state index contributed by atoms with van der Waals surface area (Å²) in [5.41, 5.74) is 1.63. The van der Waals surface area contributed by atoms with Crippen molar-refractivity contribution in [2.45, 2.75) is 52.5 Å². The van der Waals surface area contributed by atoms with Crippen LogP contribution in [0.3, 0.4) is 0 Å².